The molecule has 0 fully saturated rings. The molecule has 0 aromatic heterocycles. The van der Waals surface area contributed by atoms with Gasteiger partial charge in [0.15, 0.2) is 0 Å². The Bertz CT molecular complexity index is 585. The van der Waals surface area contributed by atoms with E-state index in [1.54, 1.807) is 0 Å². The van der Waals surface area contributed by atoms with Crippen LogP contribution in [0.1, 0.15) is 36.5 Å². The van der Waals surface area contributed by atoms with Gasteiger partial charge in [-0.3, -0.25) is 30.3 Å². The highest BCUT2D eigenvalue weighted by molar-refractivity contribution is 5.71. The molecular formula is C12H15N3O6. The number of benzene rings is 1. The van der Waals surface area contributed by atoms with Gasteiger partial charge < -0.3 is 0 Å². The van der Waals surface area contributed by atoms with E-state index in [1.165, 1.54) is 13.8 Å². The van der Waals surface area contributed by atoms with Crippen molar-refractivity contribution in [1.29, 1.82) is 0 Å². The van der Waals surface area contributed by atoms with Gasteiger partial charge in [0.05, 0.1) is 14.8 Å². The first-order chi connectivity index (χ1) is 9.73. The summed E-state index contributed by atoms with van der Waals surface area (Å²) >= 11 is 0. The van der Waals surface area contributed by atoms with Crippen LogP contribution in [0.25, 0.3) is 0 Å². The van der Waals surface area contributed by atoms with Crippen LogP contribution in [0.4, 0.5) is 17.1 Å². The average Bonchev–Trinajstić information content (AvgIpc) is 2.34. The van der Waals surface area contributed by atoms with Crippen LogP contribution < -0.4 is 0 Å². The second-order valence-electron chi connectivity index (χ2n) is 4.65. The lowest BCUT2D eigenvalue weighted by Crippen LogP contribution is -2.09. The largest absolute Gasteiger partial charge is 0.289 e. The van der Waals surface area contributed by atoms with Crippen LogP contribution in [-0.4, -0.2) is 14.8 Å². The van der Waals surface area contributed by atoms with Gasteiger partial charge in [-0.05, 0) is 26.7 Å². The molecule has 0 amide bonds. The van der Waals surface area contributed by atoms with Crippen molar-refractivity contribution in [2.75, 3.05) is 0 Å². The summed E-state index contributed by atoms with van der Waals surface area (Å²) in [6.45, 7) is 4.35. The smallest absolute Gasteiger partial charge is 0.258 e. The standard InChI is InChI=1S/C12H15N3O6/c1-4-5-6-9-11(14(18)19)7(2)10(13(16)17)8(3)12(9)15(20)21/h4-6H2,1-3H3. The van der Waals surface area contributed by atoms with E-state index in [9.17, 15) is 30.3 Å². The zero-order chi connectivity index (χ0) is 16.3. The summed E-state index contributed by atoms with van der Waals surface area (Å²) < 4.78 is 0. The molecule has 1 rings (SSSR count). The molecular weight excluding hydrogens is 282 g/mol. The first-order valence-corrected chi connectivity index (χ1v) is 6.33. The Morgan fingerprint density at radius 3 is 1.48 bits per heavy atom. The van der Waals surface area contributed by atoms with E-state index < -0.39 is 31.8 Å². The molecule has 9 nitrogen and oxygen atoms in total. The Balaban J connectivity index is 3.86. The summed E-state index contributed by atoms with van der Waals surface area (Å²) in [6, 6.07) is 0. The van der Waals surface area contributed by atoms with Crippen LogP contribution in [0.3, 0.4) is 0 Å². The van der Waals surface area contributed by atoms with Gasteiger partial charge in [0, 0.05) is 0 Å². The zero-order valence-electron chi connectivity index (χ0n) is 11.9. The summed E-state index contributed by atoms with van der Waals surface area (Å²) in [5.74, 6) is 0. The minimum absolute atomic E-state index is 0.0348. The van der Waals surface area contributed by atoms with E-state index in [0.717, 1.165) is 0 Å². The Morgan fingerprint density at radius 2 is 1.19 bits per heavy atom. The van der Waals surface area contributed by atoms with Crippen LogP contribution in [0.5, 0.6) is 0 Å². The SMILES string of the molecule is CCCCc1c([N+](=O)[O-])c(C)c([N+](=O)[O-])c(C)c1[N+](=O)[O-]. The van der Waals surface area contributed by atoms with Crippen LogP contribution in [-0.2, 0) is 6.42 Å². The molecule has 0 aliphatic rings. The molecule has 0 bridgehead atoms. The summed E-state index contributed by atoms with van der Waals surface area (Å²) in [6.07, 6.45) is 1.37. The molecule has 9 heteroatoms. The Kier molecular flexibility index (Phi) is 4.90. The predicted octanol–water partition coefficient (Wildman–Crippen LogP) is 3.37. The summed E-state index contributed by atoms with van der Waals surface area (Å²) in [4.78, 5) is 31.2. The van der Waals surface area contributed by atoms with Crippen LogP contribution in [0.15, 0.2) is 0 Å². The molecule has 114 valence electrons. The van der Waals surface area contributed by atoms with Gasteiger partial charge in [-0.15, -0.1) is 0 Å². The third-order valence-corrected chi connectivity index (χ3v) is 3.32. The lowest BCUT2D eigenvalue weighted by molar-refractivity contribution is -0.405. The number of rotatable bonds is 6. The van der Waals surface area contributed by atoms with Crippen molar-refractivity contribution in [3.05, 3.63) is 47.0 Å². The van der Waals surface area contributed by atoms with Crippen molar-refractivity contribution < 1.29 is 14.8 Å². The number of nitrogens with zero attached hydrogens (tertiary/aromatic N) is 3. The van der Waals surface area contributed by atoms with E-state index in [4.69, 9.17) is 0 Å². The van der Waals surface area contributed by atoms with Crippen molar-refractivity contribution in [2.24, 2.45) is 0 Å². The molecule has 0 radical (unpaired) electrons. The third-order valence-electron chi connectivity index (χ3n) is 3.32. The van der Waals surface area contributed by atoms with Gasteiger partial charge in [-0.1, -0.05) is 13.3 Å². The molecule has 0 atom stereocenters. The monoisotopic (exact) mass is 297 g/mol. The normalized spacial score (nSPS) is 10.4. The highest BCUT2D eigenvalue weighted by Crippen LogP contribution is 2.42. The fraction of sp³-hybridized carbons (Fsp3) is 0.500. The topological polar surface area (TPSA) is 129 Å². The molecule has 1 aromatic rings. The number of nitro groups is 3. The van der Waals surface area contributed by atoms with Crippen molar-refractivity contribution in [1.82, 2.24) is 0 Å². The summed E-state index contributed by atoms with van der Waals surface area (Å²) in [5, 5.41) is 33.5. The maximum absolute atomic E-state index is 11.2. The number of hydrogen-bond acceptors (Lipinski definition) is 6. The summed E-state index contributed by atoms with van der Waals surface area (Å²) in [7, 11) is 0. The Hall–Kier alpha value is -2.58. The fourth-order valence-electron chi connectivity index (χ4n) is 2.43. The second-order valence-corrected chi connectivity index (χ2v) is 4.65. The van der Waals surface area contributed by atoms with Crippen LogP contribution in [0, 0.1) is 44.2 Å². The molecule has 0 unspecified atom stereocenters. The zero-order valence-corrected chi connectivity index (χ0v) is 11.9. The van der Waals surface area contributed by atoms with Crippen molar-refractivity contribution in [3.8, 4) is 0 Å². The van der Waals surface area contributed by atoms with Gasteiger partial charge in [0.25, 0.3) is 17.1 Å². The Morgan fingerprint density at radius 1 is 0.810 bits per heavy atom. The van der Waals surface area contributed by atoms with Gasteiger partial charge in [-0.2, -0.15) is 0 Å². The molecule has 0 spiro atoms. The predicted molar refractivity (Wildman–Crippen MR) is 74.5 cm³/mol. The Labute approximate surface area is 120 Å². The van der Waals surface area contributed by atoms with Crippen LogP contribution >= 0.6 is 0 Å². The molecule has 21 heavy (non-hydrogen) atoms. The molecule has 0 saturated carbocycles. The highest BCUT2D eigenvalue weighted by atomic mass is 16.6. The molecule has 0 N–H and O–H groups in total. The molecule has 0 aliphatic carbocycles. The van der Waals surface area contributed by atoms with Gasteiger partial charge in [-0.25, -0.2) is 0 Å². The third kappa shape index (κ3) is 2.96. The molecule has 0 saturated heterocycles. The van der Waals surface area contributed by atoms with Crippen molar-refractivity contribution in [2.45, 2.75) is 40.0 Å². The van der Waals surface area contributed by atoms with E-state index in [2.05, 4.69) is 0 Å². The molecule has 1 aromatic carbocycles. The van der Waals surface area contributed by atoms with Crippen molar-refractivity contribution >= 4 is 17.1 Å². The van der Waals surface area contributed by atoms with E-state index in [-0.39, 0.29) is 23.1 Å². The minimum Gasteiger partial charge on any atom is -0.258 e. The lowest BCUT2D eigenvalue weighted by atomic mass is 9.95. The number of nitro benzene ring substituents is 3. The van der Waals surface area contributed by atoms with Gasteiger partial charge in [0.1, 0.15) is 16.7 Å². The first kappa shape index (κ1) is 16.5. The van der Waals surface area contributed by atoms with E-state index in [0.29, 0.717) is 12.8 Å². The first-order valence-electron chi connectivity index (χ1n) is 6.33. The maximum atomic E-state index is 11.2. The summed E-state index contributed by atoms with van der Waals surface area (Å²) in [5.41, 5.74) is -1.92. The number of unbranched alkanes of at least 4 members (excludes halogenated alkanes) is 1. The quantitative estimate of drug-likeness (QED) is 0.584. The molecule has 0 aliphatic heterocycles. The van der Waals surface area contributed by atoms with Gasteiger partial charge >= 0.3 is 0 Å². The average molecular weight is 297 g/mol. The van der Waals surface area contributed by atoms with E-state index in [1.807, 2.05) is 6.92 Å². The lowest BCUT2D eigenvalue weighted by Gasteiger charge is -2.09. The van der Waals surface area contributed by atoms with E-state index >= 15 is 0 Å². The van der Waals surface area contributed by atoms with Gasteiger partial charge in [0.2, 0.25) is 0 Å². The highest BCUT2D eigenvalue weighted by Gasteiger charge is 2.37. The second kappa shape index (κ2) is 6.25. The maximum Gasteiger partial charge on any atom is 0.289 e. The minimum atomic E-state index is -0.811. The number of hydrogen-bond donors (Lipinski definition) is 0. The fourth-order valence-corrected chi connectivity index (χ4v) is 2.43. The van der Waals surface area contributed by atoms with Crippen LogP contribution in [0.2, 0.25) is 0 Å². The van der Waals surface area contributed by atoms with Crippen molar-refractivity contribution in [3.63, 3.8) is 0 Å². The molecule has 0 heterocycles.